The van der Waals surface area contributed by atoms with E-state index in [2.05, 4.69) is 11.1 Å². The molecule has 0 N–H and O–H groups in total. The minimum absolute atomic E-state index is 0.637. The van der Waals surface area contributed by atoms with Gasteiger partial charge in [0.25, 0.3) is 0 Å². The van der Waals surface area contributed by atoms with Crippen LogP contribution < -0.4 is 0 Å². The van der Waals surface area contributed by atoms with Crippen molar-refractivity contribution in [2.75, 3.05) is 0 Å². The van der Waals surface area contributed by atoms with E-state index in [-0.39, 0.29) is 0 Å². The molecule has 1 aromatic carbocycles. The summed E-state index contributed by atoms with van der Waals surface area (Å²) in [6.45, 7) is 0. The van der Waals surface area contributed by atoms with Gasteiger partial charge in [0.05, 0.1) is 0 Å². The summed E-state index contributed by atoms with van der Waals surface area (Å²) in [7, 11) is 0. The van der Waals surface area contributed by atoms with Crippen molar-refractivity contribution in [2.24, 2.45) is 0 Å². The van der Waals surface area contributed by atoms with Gasteiger partial charge in [-0.2, -0.15) is 0 Å². The van der Waals surface area contributed by atoms with Crippen LogP contribution in [0.1, 0.15) is 10.4 Å². The first-order chi connectivity index (χ1) is 6.42. The zero-order valence-electron chi connectivity index (χ0n) is 6.73. The first kappa shape index (κ1) is 8.13. The molecule has 1 heterocycles. The molecule has 0 amide bonds. The fourth-order valence-electron chi connectivity index (χ4n) is 1.08. The van der Waals surface area contributed by atoms with Gasteiger partial charge in [0.1, 0.15) is 5.01 Å². The van der Waals surface area contributed by atoms with Gasteiger partial charge in [0, 0.05) is 22.7 Å². The van der Waals surface area contributed by atoms with Crippen LogP contribution >= 0.6 is 11.3 Å². The SMILES string of the molecule is O=Cc1ccc[c]c1-c1nccs1. The lowest BCUT2D eigenvalue weighted by atomic mass is 10.1. The number of carbonyl (C=O) groups is 1. The first-order valence-corrected chi connectivity index (χ1v) is 4.65. The molecule has 0 aliphatic heterocycles. The molecular formula is C10H6NOS. The van der Waals surface area contributed by atoms with Crippen LogP contribution in [0.25, 0.3) is 10.6 Å². The Balaban J connectivity index is 2.57. The van der Waals surface area contributed by atoms with Crippen LogP contribution in [0, 0.1) is 6.07 Å². The first-order valence-electron chi connectivity index (χ1n) is 3.77. The Morgan fingerprint density at radius 2 is 2.46 bits per heavy atom. The lowest BCUT2D eigenvalue weighted by Crippen LogP contribution is -1.85. The Morgan fingerprint density at radius 1 is 1.54 bits per heavy atom. The summed E-state index contributed by atoms with van der Waals surface area (Å²) < 4.78 is 0. The maximum atomic E-state index is 10.7. The summed E-state index contributed by atoms with van der Waals surface area (Å²) in [6.07, 6.45) is 2.54. The second kappa shape index (κ2) is 3.49. The highest BCUT2D eigenvalue weighted by atomic mass is 32.1. The molecule has 2 rings (SSSR count). The van der Waals surface area contributed by atoms with E-state index in [9.17, 15) is 4.79 Å². The predicted molar refractivity (Wildman–Crippen MR) is 51.8 cm³/mol. The maximum Gasteiger partial charge on any atom is 0.150 e. The monoisotopic (exact) mass is 188 g/mol. The Morgan fingerprint density at radius 3 is 3.15 bits per heavy atom. The third kappa shape index (κ3) is 1.51. The maximum absolute atomic E-state index is 10.7. The largest absolute Gasteiger partial charge is 0.298 e. The van der Waals surface area contributed by atoms with E-state index >= 15 is 0 Å². The zero-order chi connectivity index (χ0) is 9.10. The number of benzene rings is 1. The molecule has 0 fully saturated rings. The van der Waals surface area contributed by atoms with Gasteiger partial charge in [-0.1, -0.05) is 18.2 Å². The van der Waals surface area contributed by atoms with Crippen molar-refractivity contribution in [2.45, 2.75) is 0 Å². The molecule has 63 valence electrons. The van der Waals surface area contributed by atoms with E-state index in [0.717, 1.165) is 16.9 Å². The summed E-state index contributed by atoms with van der Waals surface area (Å²) in [4.78, 5) is 14.8. The van der Waals surface area contributed by atoms with Crippen molar-refractivity contribution in [3.63, 3.8) is 0 Å². The van der Waals surface area contributed by atoms with Crippen molar-refractivity contribution in [3.05, 3.63) is 41.4 Å². The van der Waals surface area contributed by atoms with Crippen molar-refractivity contribution in [1.29, 1.82) is 0 Å². The molecule has 3 heteroatoms. The number of aromatic nitrogens is 1. The zero-order valence-corrected chi connectivity index (χ0v) is 7.54. The predicted octanol–water partition coefficient (Wildman–Crippen LogP) is 2.42. The van der Waals surface area contributed by atoms with Gasteiger partial charge in [0.15, 0.2) is 6.29 Å². The Hall–Kier alpha value is -1.48. The molecule has 2 nitrogen and oxygen atoms in total. The molecule has 13 heavy (non-hydrogen) atoms. The quantitative estimate of drug-likeness (QED) is 0.677. The van der Waals surface area contributed by atoms with Crippen LogP contribution in [-0.4, -0.2) is 11.3 Å². The minimum Gasteiger partial charge on any atom is -0.298 e. The van der Waals surface area contributed by atoms with Crippen molar-refractivity contribution < 1.29 is 4.79 Å². The smallest absolute Gasteiger partial charge is 0.150 e. The summed E-state index contributed by atoms with van der Waals surface area (Å²) >= 11 is 1.50. The topological polar surface area (TPSA) is 30.0 Å². The van der Waals surface area contributed by atoms with Crippen LogP contribution in [0.5, 0.6) is 0 Å². The number of hydrogen-bond acceptors (Lipinski definition) is 3. The van der Waals surface area contributed by atoms with E-state index in [1.807, 2.05) is 5.38 Å². The molecular weight excluding hydrogens is 182 g/mol. The molecule has 0 bridgehead atoms. The van der Waals surface area contributed by atoms with Crippen LogP contribution in [0.15, 0.2) is 29.8 Å². The molecule has 0 spiro atoms. The van der Waals surface area contributed by atoms with E-state index < -0.39 is 0 Å². The van der Waals surface area contributed by atoms with Crippen molar-refractivity contribution >= 4 is 17.6 Å². The van der Waals surface area contributed by atoms with Crippen LogP contribution in [-0.2, 0) is 0 Å². The number of thiazole rings is 1. The van der Waals surface area contributed by atoms with E-state index in [1.165, 1.54) is 11.3 Å². The lowest BCUT2D eigenvalue weighted by molar-refractivity contribution is 0.112. The average molecular weight is 188 g/mol. The van der Waals surface area contributed by atoms with Crippen molar-refractivity contribution in [1.82, 2.24) is 4.98 Å². The lowest BCUT2D eigenvalue weighted by Gasteiger charge is -1.97. The summed E-state index contributed by atoms with van der Waals surface area (Å²) in [6, 6.07) is 8.35. The number of aldehydes is 1. The number of hydrogen-bond donors (Lipinski definition) is 0. The Kier molecular flexibility index (Phi) is 2.19. The van der Waals surface area contributed by atoms with Crippen LogP contribution in [0.3, 0.4) is 0 Å². The standard InChI is InChI=1S/C10H6NOS/c12-7-8-3-1-2-4-9(8)10-11-5-6-13-10/h1-3,5-7H. The van der Waals surface area contributed by atoms with Gasteiger partial charge in [0.2, 0.25) is 0 Å². The third-order valence-corrected chi connectivity index (χ3v) is 2.45. The number of rotatable bonds is 2. The highest BCUT2D eigenvalue weighted by Crippen LogP contribution is 2.23. The second-order valence-corrected chi connectivity index (χ2v) is 3.35. The molecule has 0 saturated heterocycles. The normalized spacial score (nSPS) is 9.85. The van der Waals surface area contributed by atoms with E-state index in [4.69, 9.17) is 0 Å². The molecule has 0 unspecified atom stereocenters. The fourth-order valence-corrected chi connectivity index (χ4v) is 1.75. The van der Waals surface area contributed by atoms with Crippen LogP contribution in [0.2, 0.25) is 0 Å². The molecule has 0 aliphatic carbocycles. The summed E-state index contributed by atoms with van der Waals surface area (Å²) in [5, 5.41) is 2.72. The van der Waals surface area contributed by atoms with Gasteiger partial charge in [-0.05, 0) is 6.07 Å². The molecule has 0 saturated carbocycles. The summed E-state index contributed by atoms with van der Waals surface area (Å²) in [5.74, 6) is 0. The highest BCUT2D eigenvalue weighted by molar-refractivity contribution is 7.13. The Bertz CT molecular complexity index is 409. The molecule has 1 aromatic heterocycles. The molecule has 0 atom stereocenters. The highest BCUT2D eigenvalue weighted by Gasteiger charge is 2.05. The number of carbonyl (C=O) groups excluding carboxylic acids is 1. The summed E-state index contributed by atoms with van der Waals surface area (Å²) in [5.41, 5.74) is 1.42. The van der Waals surface area contributed by atoms with Gasteiger partial charge in [-0.15, -0.1) is 11.3 Å². The van der Waals surface area contributed by atoms with Crippen molar-refractivity contribution in [3.8, 4) is 10.6 Å². The number of nitrogens with zero attached hydrogens (tertiary/aromatic N) is 1. The fraction of sp³-hybridized carbons (Fsp3) is 0. The average Bonchev–Trinajstić information content (AvgIpc) is 2.70. The van der Waals surface area contributed by atoms with E-state index in [0.29, 0.717) is 5.56 Å². The molecule has 2 aromatic rings. The molecule has 1 radical (unpaired) electrons. The van der Waals surface area contributed by atoms with Gasteiger partial charge >= 0.3 is 0 Å². The minimum atomic E-state index is 0.637. The molecule has 0 aliphatic rings. The third-order valence-electron chi connectivity index (χ3n) is 1.66. The van der Waals surface area contributed by atoms with Gasteiger partial charge < -0.3 is 0 Å². The van der Waals surface area contributed by atoms with E-state index in [1.54, 1.807) is 24.4 Å². The van der Waals surface area contributed by atoms with Crippen LogP contribution in [0.4, 0.5) is 0 Å². The van der Waals surface area contributed by atoms with Gasteiger partial charge in [-0.3, -0.25) is 4.79 Å². The Labute approximate surface area is 79.9 Å². The van der Waals surface area contributed by atoms with Gasteiger partial charge in [-0.25, -0.2) is 4.98 Å². The second-order valence-electron chi connectivity index (χ2n) is 2.46.